The lowest BCUT2D eigenvalue weighted by atomic mass is 10.1. The molecule has 0 bridgehead atoms. The number of benzene rings is 1. The lowest BCUT2D eigenvalue weighted by molar-refractivity contribution is -0.143. The number of aliphatic carboxylic acids is 3. The van der Waals surface area contributed by atoms with Crippen molar-refractivity contribution in [2.75, 3.05) is 17.3 Å². The Morgan fingerprint density at radius 3 is 2.07 bits per heavy atom. The summed E-state index contributed by atoms with van der Waals surface area (Å²) >= 11 is 0. The van der Waals surface area contributed by atoms with Gasteiger partial charge in [0.25, 0.3) is 5.91 Å². The average molecular weight is 600 g/mol. The highest BCUT2D eigenvalue weighted by atomic mass is 16.4. The Labute approximate surface area is 245 Å². The fourth-order valence-corrected chi connectivity index (χ4v) is 3.71. The summed E-state index contributed by atoms with van der Waals surface area (Å²) in [5, 5.41) is 42.2. The quantitative estimate of drug-likeness (QED) is 0.0829. The standard InChI is InChI=1S/C26H33N9O8/c1-13(27)31-23-21(22(28)29)32-15(11-30-23)12-35(2)16-5-3-14(4-6-16)24(40)33-17(7-9-19(36)37)25(41)34-18(26(42)43)8-10-20(38)39/h3-6,11,17-18H,1,7-10,12,27H2,2H3,(H3,28,29)(H,30,31)(H,33,40)(H,34,41)(H,36,37)(H,38,39)(H,42,43). The van der Waals surface area contributed by atoms with Crippen LogP contribution in [0.15, 0.2) is 42.9 Å². The molecular weight excluding hydrogens is 566 g/mol. The van der Waals surface area contributed by atoms with Gasteiger partial charge in [-0.05, 0) is 37.1 Å². The van der Waals surface area contributed by atoms with Crippen molar-refractivity contribution in [2.24, 2.45) is 11.5 Å². The first kappa shape index (κ1) is 33.5. The van der Waals surface area contributed by atoms with Crippen LogP contribution in [0.2, 0.25) is 0 Å². The zero-order chi connectivity index (χ0) is 32.3. The molecule has 2 rings (SSSR count). The number of amidine groups is 1. The molecule has 0 saturated heterocycles. The van der Waals surface area contributed by atoms with E-state index in [-0.39, 0.29) is 41.7 Å². The highest BCUT2D eigenvalue weighted by molar-refractivity contribution is 5.99. The minimum Gasteiger partial charge on any atom is -0.481 e. The predicted molar refractivity (Wildman–Crippen MR) is 153 cm³/mol. The van der Waals surface area contributed by atoms with Crippen LogP contribution in [0.3, 0.4) is 0 Å². The summed E-state index contributed by atoms with van der Waals surface area (Å²) < 4.78 is 0. The molecule has 0 saturated carbocycles. The Morgan fingerprint density at radius 2 is 1.56 bits per heavy atom. The summed E-state index contributed by atoms with van der Waals surface area (Å²) in [6.07, 6.45) is -0.301. The number of carbonyl (C=O) groups is 5. The molecular formula is C26H33N9O8. The third-order valence-electron chi connectivity index (χ3n) is 5.86. The Bertz CT molecular complexity index is 1400. The lowest BCUT2D eigenvalue weighted by Crippen LogP contribution is -2.51. The Balaban J connectivity index is 2.14. The van der Waals surface area contributed by atoms with E-state index < -0.39 is 61.1 Å². The molecule has 0 aliphatic carbocycles. The van der Waals surface area contributed by atoms with Crippen molar-refractivity contribution in [1.29, 1.82) is 5.41 Å². The minimum atomic E-state index is -1.55. The van der Waals surface area contributed by atoms with Gasteiger partial charge in [-0.15, -0.1) is 0 Å². The fraction of sp³-hybridized carbons (Fsp3) is 0.308. The number of anilines is 2. The Kier molecular flexibility index (Phi) is 11.9. The number of nitrogens with zero attached hydrogens (tertiary/aromatic N) is 3. The van der Waals surface area contributed by atoms with Crippen molar-refractivity contribution < 1.29 is 39.3 Å². The predicted octanol–water partition coefficient (Wildman–Crippen LogP) is -0.364. The van der Waals surface area contributed by atoms with Gasteiger partial charge in [0.15, 0.2) is 5.82 Å². The van der Waals surface area contributed by atoms with E-state index >= 15 is 0 Å². The third-order valence-corrected chi connectivity index (χ3v) is 5.86. The van der Waals surface area contributed by atoms with Gasteiger partial charge in [0.05, 0.1) is 24.3 Å². The molecule has 2 aromatic rings. The molecule has 1 aromatic heterocycles. The second-order valence-corrected chi connectivity index (χ2v) is 9.32. The first-order chi connectivity index (χ1) is 20.2. The van der Waals surface area contributed by atoms with Crippen LogP contribution in [0.25, 0.3) is 0 Å². The smallest absolute Gasteiger partial charge is 0.326 e. The minimum absolute atomic E-state index is 0.0857. The molecule has 2 unspecified atom stereocenters. The molecule has 17 heteroatoms. The number of carbonyl (C=O) groups excluding carboxylic acids is 2. The maximum Gasteiger partial charge on any atom is 0.326 e. The first-order valence-corrected chi connectivity index (χ1v) is 12.7. The number of aromatic nitrogens is 2. The van der Waals surface area contributed by atoms with Crippen molar-refractivity contribution >= 4 is 47.1 Å². The summed E-state index contributed by atoms with van der Waals surface area (Å²) in [6, 6.07) is 3.20. The largest absolute Gasteiger partial charge is 0.481 e. The number of amides is 2. The molecule has 0 spiro atoms. The van der Waals surface area contributed by atoms with Crippen LogP contribution in [0.4, 0.5) is 11.5 Å². The molecule has 2 atom stereocenters. The molecule has 43 heavy (non-hydrogen) atoms. The Hall–Kier alpha value is -5.74. The molecule has 2 amide bonds. The van der Waals surface area contributed by atoms with Gasteiger partial charge in [-0.25, -0.2) is 14.8 Å². The van der Waals surface area contributed by atoms with E-state index in [0.29, 0.717) is 11.4 Å². The van der Waals surface area contributed by atoms with Crippen molar-refractivity contribution in [3.05, 3.63) is 59.8 Å². The van der Waals surface area contributed by atoms with Gasteiger partial charge < -0.3 is 47.6 Å². The van der Waals surface area contributed by atoms with Crippen molar-refractivity contribution in [1.82, 2.24) is 20.6 Å². The Morgan fingerprint density at radius 1 is 0.977 bits per heavy atom. The molecule has 1 heterocycles. The number of nitrogens with one attached hydrogen (secondary N) is 4. The fourth-order valence-electron chi connectivity index (χ4n) is 3.71. The van der Waals surface area contributed by atoms with E-state index in [4.69, 9.17) is 27.1 Å². The van der Waals surface area contributed by atoms with Crippen LogP contribution in [-0.2, 0) is 25.7 Å². The first-order valence-electron chi connectivity index (χ1n) is 12.7. The van der Waals surface area contributed by atoms with E-state index in [2.05, 4.69) is 32.5 Å². The molecule has 1 aromatic carbocycles. The second kappa shape index (κ2) is 15.3. The lowest BCUT2D eigenvalue weighted by Gasteiger charge is -2.22. The third kappa shape index (κ3) is 10.6. The van der Waals surface area contributed by atoms with Crippen molar-refractivity contribution in [3.63, 3.8) is 0 Å². The maximum absolute atomic E-state index is 12.9. The van der Waals surface area contributed by atoms with Crippen molar-refractivity contribution in [3.8, 4) is 0 Å². The van der Waals surface area contributed by atoms with E-state index in [1.807, 2.05) is 0 Å². The van der Waals surface area contributed by atoms with Crippen LogP contribution in [0.5, 0.6) is 0 Å². The van der Waals surface area contributed by atoms with Crippen molar-refractivity contribution in [2.45, 2.75) is 44.3 Å². The highest BCUT2D eigenvalue weighted by Crippen LogP contribution is 2.18. The van der Waals surface area contributed by atoms with Gasteiger partial charge in [0.1, 0.15) is 23.6 Å². The number of rotatable bonds is 17. The number of hydrogen-bond acceptors (Lipinski definition) is 11. The van der Waals surface area contributed by atoms with E-state index in [0.717, 1.165) is 0 Å². The van der Waals surface area contributed by atoms with Crippen LogP contribution >= 0.6 is 0 Å². The zero-order valence-electron chi connectivity index (χ0n) is 23.2. The normalized spacial score (nSPS) is 11.8. The number of hydrogen-bond donors (Lipinski definition) is 9. The number of carboxylic acids is 3. The number of nitrogens with two attached hydrogens (primary N) is 2. The highest BCUT2D eigenvalue weighted by Gasteiger charge is 2.28. The zero-order valence-corrected chi connectivity index (χ0v) is 23.2. The number of nitrogen functional groups attached to an aromatic ring is 1. The maximum atomic E-state index is 12.9. The van der Waals surface area contributed by atoms with Crippen LogP contribution in [0, 0.1) is 5.41 Å². The van der Waals surface area contributed by atoms with Gasteiger partial charge >= 0.3 is 17.9 Å². The van der Waals surface area contributed by atoms with E-state index in [1.165, 1.54) is 18.3 Å². The van der Waals surface area contributed by atoms with Gasteiger partial charge in [-0.3, -0.25) is 24.6 Å². The van der Waals surface area contributed by atoms with Gasteiger partial charge in [0.2, 0.25) is 5.91 Å². The van der Waals surface area contributed by atoms with Crippen LogP contribution in [0.1, 0.15) is 47.4 Å². The summed E-state index contributed by atoms with van der Waals surface area (Å²) in [5.41, 5.74) is 12.5. The molecule has 0 radical (unpaired) electrons. The topological polar surface area (TPSA) is 287 Å². The second-order valence-electron chi connectivity index (χ2n) is 9.32. The molecule has 0 fully saturated rings. The number of carboxylic acid groups (broad SMARTS) is 3. The van der Waals surface area contributed by atoms with Gasteiger partial charge in [0, 0.05) is 31.1 Å². The van der Waals surface area contributed by atoms with Gasteiger partial charge in [-0.2, -0.15) is 0 Å². The van der Waals surface area contributed by atoms with E-state index in [1.54, 1.807) is 24.1 Å². The average Bonchev–Trinajstić information content (AvgIpc) is 2.93. The molecule has 17 nitrogen and oxygen atoms in total. The summed E-state index contributed by atoms with van der Waals surface area (Å²) in [5.74, 6) is -5.72. The summed E-state index contributed by atoms with van der Waals surface area (Å²) in [6.45, 7) is 3.76. The monoisotopic (exact) mass is 599 g/mol. The molecule has 0 aliphatic rings. The molecule has 0 aliphatic heterocycles. The molecule has 230 valence electrons. The summed E-state index contributed by atoms with van der Waals surface area (Å²) in [7, 11) is 1.74. The van der Waals surface area contributed by atoms with Crippen LogP contribution < -0.4 is 32.3 Å². The van der Waals surface area contributed by atoms with Gasteiger partial charge in [-0.1, -0.05) is 6.58 Å². The summed E-state index contributed by atoms with van der Waals surface area (Å²) in [4.78, 5) is 69.3. The van der Waals surface area contributed by atoms with E-state index in [9.17, 15) is 29.1 Å². The molecule has 11 N–H and O–H groups in total. The van der Waals surface area contributed by atoms with Crippen LogP contribution in [-0.4, -0.2) is 80.0 Å². The SMILES string of the molecule is C=C(N)Nc1ncc(CN(C)c2ccc(C(=O)NC(CCC(=O)O)C(=O)NC(CCC(=O)O)C(=O)O)cc2)nc1C(=N)N.